The van der Waals surface area contributed by atoms with Gasteiger partial charge in [0.1, 0.15) is 6.04 Å². The molecule has 1 amide bonds. The van der Waals surface area contributed by atoms with Gasteiger partial charge in [-0.1, -0.05) is 44.2 Å². The molecule has 7 nitrogen and oxygen atoms in total. The minimum Gasteiger partial charge on any atom is -0.467 e. The van der Waals surface area contributed by atoms with Crippen molar-refractivity contribution < 1.29 is 28.3 Å². The fourth-order valence-corrected chi connectivity index (χ4v) is 2.57. The Morgan fingerprint density at radius 1 is 1.11 bits per heavy atom. The first-order valence-corrected chi connectivity index (χ1v) is 8.59. The van der Waals surface area contributed by atoms with Crippen molar-refractivity contribution in [3.05, 3.63) is 48.4 Å². The Kier molecular flexibility index (Phi) is 7.16. The molecule has 1 N–H and O–H groups in total. The Hall–Kier alpha value is -3.09. The molecule has 7 heteroatoms. The number of hydrogen-bond donors (Lipinski definition) is 1. The molecule has 2 aromatic rings. The Labute approximate surface area is 157 Å². The van der Waals surface area contributed by atoms with E-state index in [4.69, 9.17) is 9.15 Å². The number of rotatable bonds is 8. The maximum atomic E-state index is 12.3. The maximum Gasteiger partial charge on any atom is 0.375 e. The van der Waals surface area contributed by atoms with Crippen LogP contribution in [0.4, 0.5) is 0 Å². The van der Waals surface area contributed by atoms with Crippen molar-refractivity contribution in [2.75, 3.05) is 13.7 Å². The van der Waals surface area contributed by atoms with E-state index in [1.807, 2.05) is 44.2 Å². The Morgan fingerprint density at radius 2 is 1.81 bits per heavy atom. The molecule has 0 saturated heterocycles. The van der Waals surface area contributed by atoms with Crippen LogP contribution in [0.5, 0.6) is 0 Å². The smallest absolute Gasteiger partial charge is 0.375 e. The van der Waals surface area contributed by atoms with Crippen LogP contribution in [0, 0.1) is 5.92 Å². The van der Waals surface area contributed by atoms with Crippen LogP contribution in [0.3, 0.4) is 0 Å². The van der Waals surface area contributed by atoms with Crippen molar-refractivity contribution in [3.8, 4) is 11.1 Å². The molecule has 1 heterocycles. The number of amides is 1. The van der Waals surface area contributed by atoms with Crippen molar-refractivity contribution in [1.82, 2.24) is 5.32 Å². The monoisotopic (exact) mass is 373 g/mol. The van der Waals surface area contributed by atoms with Gasteiger partial charge in [-0.15, -0.1) is 0 Å². The first-order chi connectivity index (χ1) is 12.9. The van der Waals surface area contributed by atoms with E-state index in [0.717, 1.165) is 5.56 Å². The van der Waals surface area contributed by atoms with Gasteiger partial charge in [-0.3, -0.25) is 4.79 Å². The fraction of sp³-hybridized carbons (Fsp3) is 0.350. The Bertz CT molecular complexity index is 781. The summed E-state index contributed by atoms with van der Waals surface area (Å²) in [6, 6.07) is 10.1. The summed E-state index contributed by atoms with van der Waals surface area (Å²) >= 11 is 0. The lowest BCUT2D eigenvalue weighted by Gasteiger charge is -2.18. The minimum absolute atomic E-state index is 0.0145. The summed E-state index contributed by atoms with van der Waals surface area (Å²) in [6.45, 7) is 3.31. The second-order valence-corrected chi connectivity index (χ2v) is 6.38. The molecule has 0 radical (unpaired) electrons. The van der Waals surface area contributed by atoms with E-state index in [1.54, 1.807) is 6.07 Å². The zero-order chi connectivity index (χ0) is 19.8. The van der Waals surface area contributed by atoms with Gasteiger partial charge in [0, 0.05) is 5.56 Å². The van der Waals surface area contributed by atoms with Gasteiger partial charge >= 0.3 is 11.9 Å². The minimum atomic E-state index is -0.787. The van der Waals surface area contributed by atoms with Crippen molar-refractivity contribution in [2.24, 2.45) is 5.92 Å². The van der Waals surface area contributed by atoms with E-state index in [0.29, 0.717) is 12.0 Å². The van der Waals surface area contributed by atoms with Gasteiger partial charge in [0.25, 0.3) is 5.91 Å². The van der Waals surface area contributed by atoms with Gasteiger partial charge < -0.3 is 19.2 Å². The third kappa shape index (κ3) is 5.70. The molecular weight excluding hydrogens is 350 g/mol. The normalized spacial score (nSPS) is 11.7. The van der Waals surface area contributed by atoms with Crippen molar-refractivity contribution in [2.45, 2.75) is 26.3 Å². The van der Waals surface area contributed by atoms with Crippen molar-refractivity contribution >= 4 is 17.8 Å². The van der Waals surface area contributed by atoms with E-state index in [-0.39, 0.29) is 11.7 Å². The predicted octanol–water partition coefficient (Wildman–Crippen LogP) is 2.81. The number of furan rings is 1. The largest absolute Gasteiger partial charge is 0.467 e. The second kappa shape index (κ2) is 9.56. The third-order valence-electron chi connectivity index (χ3n) is 3.80. The van der Waals surface area contributed by atoms with Gasteiger partial charge in [0.05, 0.1) is 13.4 Å². The van der Waals surface area contributed by atoms with E-state index < -0.39 is 30.5 Å². The molecule has 1 aromatic heterocycles. The number of carbonyl (C=O) groups is 3. The summed E-state index contributed by atoms with van der Waals surface area (Å²) in [4.78, 5) is 36.1. The highest BCUT2D eigenvalue weighted by Gasteiger charge is 2.24. The fourth-order valence-electron chi connectivity index (χ4n) is 2.57. The molecule has 0 fully saturated rings. The highest BCUT2D eigenvalue weighted by Crippen LogP contribution is 2.25. The number of esters is 2. The van der Waals surface area contributed by atoms with Crippen LogP contribution in [0.1, 0.15) is 30.8 Å². The number of methoxy groups -OCH3 is 1. The van der Waals surface area contributed by atoms with Crippen molar-refractivity contribution in [3.63, 3.8) is 0 Å². The molecule has 0 bridgehead atoms. The van der Waals surface area contributed by atoms with E-state index in [1.165, 1.54) is 13.4 Å². The molecule has 27 heavy (non-hydrogen) atoms. The zero-order valence-corrected chi connectivity index (χ0v) is 15.6. The molecule has 2 rings (SSSR count). The second-order valence-electron chi connectivity index (χ2n) is 6.38. The molecule has 0 spiro atoms. The molecule has 0 unspecified atom stereocenters. The van der Waals surface area contributed by atoms with Crippen LogP contribution >= 0.6 is 0 Å². The summed E-state index contributed by atoms with van der Waals surface area (Å²) in [5.41, 5.74) is 1.37. The Balaban J connectivity index is 1.96. The number of hydrogen-bond acceptors (Lipinski definition) is 6. The number of carbonyl (C=O) groups excluding carboxylic acids is 3. The number of benzene rings is 1. The standard InChI is InChI=1S/C20H23NO6/c1-13(2)11-16(19(23)25-3)21-17(22)12-27-20(24)18-15(9-10-26-18)14-7-5-4-6-8-14/h4-10,13,16H,11-12H2,1-3H3,(H,21,22)/t16-/m1/s1. The van der Waals surface area contributed by atoms with Crippen LogP contribution in [0.25, 0.3) is 11.1 Å². The zero-order valence-electron chi connectivity index (χ0n) is 15.6. The van der Waals surface area contributed by atoms with Crippen LogP contribution in [-0.4, -0.2) is 37.6 Å². The first kappa shape index (κ1) is 20.2. The van der Waals surface area contributed by atoms with Gasteiger partial charge in [0.15, 0.2) is 6.61 Å². The highest BCUT2D eigenvalue weighted by molar-refractivity contribution is 5.95. The molecule has 0 aliphatic heterocycles. The topological polar surface area (TPSA) is 94.8 Å². The van der Waals surface area contributed by atoms with Crippen LogP contribution < -0.4 is 5.32 Å². The number of nitrogens with one attached hydrogen (secondary N) is 1. The predicted molar refractivity (Wildman–Crippen MR) is 97.8 cm³/mol. The van der Waals surface area contributed by atoms with Crippen LogP contribution in [0.2, 0.25) is 0 Å². The molecule has 1 aromatic carbocycles. The highest BCUT2D eigenvalue weighted by atomic mass is 16.5. The summed E-state index contributed by atoms with van der Waals surface area (Å²) in [5, 5.41) is 2.52. The SMILES string of the molecule is COC(=O)[C@@H](CC(C)C)NC(=O)COC(=O)c1occc1-c1ccccc1. The molecule has 144 valence electrons. The third-order valence-corrected chi connectivity index (χ3v) is 3.80. The van der Waals surface area contributed by atoms with E-state index in [2.05, 4.69) is 10.1 Å². The lowest BCUT2D eigenvalue weighted by molar-refractivity contribution is -0.145. The van der Waals surface area contributed by atoms with Crippen LogP contribution in [-0.2, 0) is 19.1 Å². The van der Waals surface area contributed by atoms with Gasteiger partial charge in [-0.2, -0.15) is 0 Å². The Morgan fingerprint density at radius 3 is 2.44 bits per heavy atom. The van der Waals surface area contributed by atoms with Crippen molar-refractivity contribution in [1.29, 1.82) is 0 Å². The lowest BCUT2D eigenvalue weighted by Crippen LogP contribution is -2.44. The summed E-state index contributed by atoms with van der Waals surface area (Å²) in [5.74, 6) is -1.70. The average Bonchev–Trinajstić information content (AvgIpc) is 3.15. The van der Waals surface area contributed by atoms with E-state index in [9.17, 15) is 14.4 Å². The maximum absolute atomic E-state index is 12.3. The molecular formula is C20H23NO6. The van der Waals surface area contributed by atoms with Gasteiger partial charge in [0.2, 0.25) is 5.76 Å². The molecule has 0 aliphatic carbocycles. The molecule has 0 saturated carbocycles. The molecule has 0 aliphatic rings. The average molecular weight is 373 g/mol. The summed E-state index contributed by atoms with van der Waals surface area (Å²) < 4.78 is 14.9. The summed E-state index contributed by atoms with van der Waals surface area (Å²) in [7, 11) is 1.25. The van der Waals surface area contributed by atoms with E-state index >= 15 is 0 Å². The number of ether oxygens (including phenoxy) is 2. The van der Waals surface area contributed by atoms with Gasteiger partial charge in [-0.05, 0) is 24.0 Å². The van der Waals surface area contributed by atoms with Gasteiger partial charge in [-0.25, -0.2) is 9.59 Å². The quantitative estimate of drug-likeness (QED) is 0.715. The lowest BCUT2D eigenvalue weighted by atomic mass is 10.0. The summed E-state index contributed by atoms with van der Waals surface area (Å²) in [6.07, 6.45) is 1.80. The molecule has 1 atom stereocenters. The first-order valence-electron chi connectivity index (χ1n) is 8.59. The van der Waals surface area contributed by atoms with Crippen LogP contribution in [0.15, 0.2) is 47.1 Å².